The average Bonchev–Trinajstić information content (AvgIpc) is 2.81. The summed E-state index contributed by atoms with van der Waals surface area (Å²) in [4.78, 5) is 51.9. The number of carbonyl (C=O) groups excluding carboxylic acids is 4. The van der Waals surface area contributed by atoms with Crippen LogP contribution < -0.4 is 5.73 Å². The van der Waals surface area contributed by atoms with Crippen molar-refractivity contribution in [3.05, 3.63) is 46.5 Å². The molecule has 0 radical (unpaired) electrons. The molecule has 176 valence electrons. The van der Waals surface area contributed by atoms with Gasteiger partial charge in [0.1, 0.15) is 6.10 Å². The fourth-order valence-corrected chi connectivity index (χ4v) is 5.10. The first-order valence-electron chi connectivity index (χ1n) is 11.2. The van der Waals surface area contributed by atoms with E-state index in [1.807, 2.05) is 0 Å². The lowest BCUT2D eigenvalue weighted by Crippen LogP contribution is -2.48. The Morgan fingerprint density at radius 3 is 2.33 bits per heavy atom. The molecule has 1 saturated carbocycles. The minimum atomic E-state index is -1.09. The van der Waals surface area contributed by atoms with Gasteiger partial charge in [-0.25, -0.2) is 4.79 Å². The molecular weight excluding hydrogens is 448 g/mol. The van der Waals surface area contributed by atoms with Crippen LogP contribution in [0.15, 0.2) is 35.4 Å². The van der Waals surface area contributed by atoms with Gasteiger partial charge in [0, 0.05) is 41.6 Å². The first-order chi connectivity index (χ1) is 15.8. The van der Waals surface area contributed by atoms with Crippen LogP contribution >= 0.6 is 11.6 Å². The summed E-state index contributed by atoms with van der Waals surface area (Å²) in [5.41, 5.74) is 6.65. The van der Waals surface area contributed by atoms with E-state index in [0.29, 0.717) is 54.8 Å². The third-order valence-corrected chi connectivity index (χ3v) is 6.80. The first-order valence-corrected chi connectivity index (χ1v) is 11.7. The second-order valence-electron chi connectivity index (χ2n) is 8.65. The third-order valence-electron chi connectivity index (χ3n) is 6.64. The number of halogens is 1. The second-order valence-corrected chi connectivity index (χ2v) is 9.03. The molecule has 2 aliphatic carbocycles. The van der Waals surface area contributed by atoms with E-state index in [-0.39, 0.29) is 41.5 Å². The van der Waals surface area contributed by atoms with Crippen LogP contribution in [0.2, 0.25) is 0 Å². The van der Waals surface area contributed by atoms with Crippen LogP contribution in [0.1, 0.15) is 59.7 Å². The summed E-state index contributed by atoms with van der Waals surface area (Å²) in [6.07, 6.45) is 0.416. The summed E-state index contributed by atoms with van der Waals surface area (Å²) in [6.45, 7) is 1.78. The van der Waals surface area contributed by atoms with Gasteiger partial charge in [-0.15, -0.1) is 11.6 Å². The van der Waals surface area contributed by atoms with E-state index >= 15 is 0 Å². The number of primary amides is 1. The van der Waals surface area contributed by atoms with Crippen molar-refractivity contribution >= 4 is 35.0 Å². The Morgan fingerprint density at radius 2 is 1.76 bits per heavy atom. The molecule has 2 amide bonds. The Bertz CT molecular complexity index is 1010. The van der Waals surface area contributed by atoms with Gasteiger partial charge < -0.3 is 20.1 Å². The summed E-state index contributed by atoms with van der Waals surface area (Å²) in [6, 6.07) is 6.13. The molecule has 0 unspecified atom stereocenters. The number of ether oxygens (including phenoxy) is 2. The zero-order chi connectivity index (χ0) is 23.7. The van der Waals surface area contributed by atoms with Crippen molar-refractivity contribution in [3.63, 3.8) is 0 Å². The van der Waals surface area contributed by atoms with Crippen molar-refractivity contribution in [2.75, 3.05) is 12.4 Å². The molecule has 2 N–H and O–H groups in total. The Hall–Kier alpha value is -2.55. The molecule has 1 aliphatic heterocycles. The Kier molecular flexibility index (Phi) is 6.97. The number of amides is 2. The van der Waals surface area contributed by atoms with Gasteiger partial charge in [-0.1, -0.05) is 24.3 Å². The molecular formula is C24H27ClN2O6. The fraction of sp³-hybridized carbons (Fsp3) is 0.500. The number of Topliss-reactive ketones (excluding diaryl/α,β-unsaturated/α-hetero) is 3. The van der Waals surface area contributed by atoms with Crippen molar-refractivity contribution in [2.24, 2.45) is 5.73 Å². The van der Waals surface area contributed by atoms with Gasteiger partial charge in [0.05, 0.1) is 11.7 Å². The van der Waals surface area contributed by atoms with Crippen molar-refractivity contribution in [1.82, 2.24) is 4.90 Å². The molecule has 1 aromatic rings. The van der Waals surface area contributed by atoms with E-state index < -0.39 is 18.4 Å². The average molecular weight is 475 g/mol. The zero-order valence-electron chi connectivity index (χ0n) is 18.4. The number of nitrogens with zero attached hydrogens (tertiary/aromatic N) is 1. The second kappa shape index (κ2) is 9.75. The summed E-state index contributed by atoms with van der Waals surface area (Å²) in [5.74, 6) is -0.486. The van der Waals surface area contributed by atoms with Gasteiger partial charge in [-0.2, -0.15) is 0 Å². The molecule has 4 rings (SSSR count). The Morgan fingerprint density at radius 1 is 1.12 bits per heavy atom. The summed E-state index contributed by atoms with van der Waals surface area (Å²) >= 11 is 5.80. The minimum absolute atomic E-state index is 0.0297. The van der Waals surface area contributed by atoms with Crippen LogP contribution in [0, 0.1) is 0 Å². The molecule has 9 heteroatoms. The molecule has 0 bridgehead atoms. The number of ketones is 3. The van der Waals surface area contributed by atoms with E-state index in [4.69, 9.17) is 26.8 Å². The highest BCUT2D eigenvalue weighted by Crippen LogP contribution is 2.38. The van der Waals surface area contributed by atoms with Crippen molar-refractivity contribution in [3.8, 4) is 0 Å². The molecule has 1 heterocycles. The smallest absolute Gasteiger partial charge is 0.315 e. The zero-order valence-corrected chi connectivity index (χ0v) is 19.2. The normalized spacial score (nSPS) is 27.1. The van der Waals surface area contributed by atoms with Crippen LogP contribution in [-0.4, -0.2) is 65.2 Å². The van der Waals surface area contributed by atoms with Gasteiger partial charge in [-0.3, -0.25) is 14.4 Å². The van der Waals surface area contributed by atoms with Gasteiger partial charge >= 0.3 is 6.03 Å². The number of hydrogen-bond acceptors (Lipinski definition) is 6. The summed E-state index contributed by atoms with van der Waals surface area (Å²) in [7, 11) is 0. The van der Waals surface area contributed by atoms with E-state index in [0.717, 1.165) is 0 Å². The SMILES string of the molecule is CC(=O)[C@H]1CC2=C(C(=O)c3ccccc3C2=O)[C@@H](OC2CCC(N(CCCl)C(N)=O)CC2)O1. The fourth-order valence-electron chi connectivity index (χ4n) is 4.92. The highest BCUT2D eigenvalue weighted by atomic mass is 35.5. The van der Waals surface area contributed by atoms with Gasteiger partial charge in [-0.05, 0) is 32.6 Å². The molecule has 2 atom stereocenters. The highest BCUT2D eigenvalue weighted by molar-refractivity contribution is 6.27. The van der Waals surface area contributed by atoms with Crippen LogP contribution in [-0.2, 0) is 14.3 Å². The number of benzene rings is 1. The molecule has 1 aromatic carbocycles. The maximum Gasteiger partial charge on any atom is 0.315 e. The Labute approximate surface area is 197 Å². The number of rotatable bonds is 6. The summed E-state index contributed by atoms with van der Waals surface area (Å²) in [5, 5.41) is 0. The minimum Gasteiger partial charge on any atom is -0.351 e. The number of urea groups is 1. The van der Waals surface area contributed by atoms with Crippen molar-refractivity contribution in [1.29, 1.82) is 0 Å². The number of nitrogens with two attached hydrogens (primary N) is 1. The van der Waals surface area contributed by atoms with E-state index in [2.05, 4.69) is 0 Å². The molecule has 3 aliphatic rings. The number of carbonyl (C=O) groups is 4. The number of hydrogen-bond donors (Lipinski definition) is 1. The largest absolute Gasteiger partial charge is 0.351 e. The lowest BCUT2D eigenvalue weighted by molar-refractivity contribution is -0.188. The van der Waals surface area contributed by atoms with Gasteiger partial charge in [0.25, 0.3) is 0 Å². The summed E-state index contributed by atoms with van der Waals surface area (Å²) < 4.78 is 12.1. The van der Waals surface area contributed by atoms with Crippen LogP contribution in [0.4, 0.5) is 4.79 Å². The molecule has 0 saturated heterocycles. The van der Waals surface area contributed by atoms with E-state index in [9.17, 15) is 19.2 Å². The predicted molar refractivity (Wildman–Crippen MR) is 120 cm³/mol. The molecule has 0 spiro atoms. The van der Waals surface area contributed by atoms with Crippen LogP contribution in [0.5, 0.6) is 0 Å². The first kappa shape index (κ1) is 23.6. The molecule has 8 nitrogen and oxygen atoms in total. The van der Waals surface area contributed by atoms with E-state index in [1.54, 1.807) is 29.2 Å². The number of alkyl halides is 1. The highest BCUT2D eigenvalue weighted by Gasteiger charge is 2.44. The number of fused-ring (bicyclic) bond motifs is 1. The lowest BCUT2D eigenvalue weighted by Gasteiger charge is -2.39. The van der Waals surface area contributed by atoms with Crippen molar-refractivity contribution < 1.29 is 28.7 Å². The van der Waals surface area contributed by atoms with Crippen LogP contribution in [0.25, 0.3) is 0 Å². The Balaban J connectivity index is 1.54. The maximum atomic E-state index is 13.3. The molecule has 1 fully saturated rings. The van der Waals surface area contributed by atoms with Gasteiger partial charge in [0.2, 0.25) is 0 Å². The third kappa shape index (κ3) is 4.60. The quantitative estimate of drug-likeness (QED) is 0.633. The van der Waals surface area contributed by atoms with Crippen molar-refractivity contribution in [2.45, 2.75) is 63.6 Å². The monoisotopic (exact) mass is 474 g/mol. The maximum absolute atomic E-state index is 13.3. The van der Waals surface area contributed by atoms with Gasteiger partial charge in [0.15, 0.2) is 23.6 Å². The predicted octanol–water partition coefficient (Wildman–Crippen LogP) is 3.01. The lowest BCUT2D eigenvalue weighted by atomic mass is 9.80. The van der Waals surface area contributed by atoms with E-state index in [1.165, 1.54) is 6.92 Å². The van der Waals surface area contributed by atoms with Crippen LogP contribution in [0.3, 0.4) is 0 Å². The molecule has 33 heavy (non-hydrogen) atoms. The standard InChI is InChI=1S/C24H27ClN2O6/c1-13(28)19-12-18-20(22(30)17-5-3-2-4-16(17)21(18)29)23(33-19)32-15-8-6-14(7-9-15)27(11-10-25)24(26)31/h2-5,14-15,19,23H,6-12H2,1H3,(H2,26,31)/t14?,15?,19-,23+/m1/s1. The topological polar surface area (TPSA) is 116 Å². The molecule has 0 aromatic heterocycles.